The van der Waals surface area contributed by atoms with Gasteiger partial charge in [0.1, 0.15) is 5.69 Å². The van der Waals surface area contributed by atoms with E-state index in [1.165, 1.54) is 5.56 Å². The van der Waals surface area contributed by atoms with Gasteiger partial charge < -0.3 is 10.2 Å². The molecule has 5 nitrogen and oxygen atoms in total. The lowest BCUT2D eigenvalue weighted by atomic mass is 10.2. The van der Waals surface area contributed by atoms with E-state index >= 15 is 0 Å². The van der Waals surface area contributed by atoms with Crippen LogP contribution in [0.15, 0.2) is 36.4 Å². The normalized spacial score (nSPS) is 11.8. The van der Waals surface area contributed by atoms with Crippen LogP contribution >= 0.6 is 0 Å². The minimum atomic E-state index is -0.146. The second kappa shape index (κ2) is 8.43. The number of benzene rings is 1. The van der Waals surface area contributed by atoms with Crippen molar-refractivity contribution in [1.29, 1.82) is 0 Å². The Hall–Kier alpha value is -2.43. The summed E-state index contributed by atoms with van der Waals surface area (Å²) in [7, 11) is 0. The molecule has 2 rings (SSSR count). The Labute approximate surface area is 144 Å². The van der Waals surface area contributed by atoms with Crippen LogP contribution in [-0.4, -0.2) is 28.5 Å². The Morgan fingerprint density at radius 1 is 1.21 bits per heavy atom. The molecule has 0 aliphatic heterocycles. The highest BCUT2D eigenvalue weighted by molar-refractivity contribution is 5.92. The van der Waals surface area contributed by atoms with Crippen molar-refractivity contribution < 1.29 is 4.79 Å². The maximum Gasteiger partial charge on any atom is 0.270 e. The lowest BCUT2D eigenvalue weighted by Crippen LogP contribution is -2.33. The van der Waals surface area contributed by atoms with E-state index in [1.54, 1.807) is 6.07 Å². The molecule has 2 aromatic rings. The lowest BCUT2D eigenvalue weighted by Gasteiger charge is -2.22. The van der Waals surface area contributed by atoms with E-state index < -0.39 is 0 Å². The van der Waals surface area contributed by atoms with Crippen LogP contribution in [0, 0.1) is 6.92 Å². The first kappa shape index (κ1) is 17.9. The van der Waals surface area contributed by atoms with Crippen LogP contribution in [0.2, 0.25) is 0 Å². The topological polar surface area (TPSA) is 58.1 Å². The largest absolute Gasteiger partial charge is 0.348 e. The zero-order valence-electron chi connectivity index (χ0n) is 14.9. The number of hydrogen-bond acceptors (Lipinski definition) is 4. The number of rotatable bonds is 7. The third kappa shape index (κ3) is 4.78. The first-order valence-corrected chi connectivity index (χ1v) is 8.48. The molecule has 0 aliphatic carbocycles. The van der Waals surface area contributed by atoms with Crippen LogP contribution in [0.1, 0.15) is 48.9 Å². The molecule has 1 heterocycles. The van der Waals surface area contributed by atoms with Crippen molar-refractivity contribution in [3.63, 3.8) is 0 Å². The fraction of sp³-hybridized carbons (Fsp3) is 0.421. The van der Waals surface area contributed by atoms with E-state index in [1.807, 2.05) is 39.0 Å². The maximum atomic E-state index is 12.4. The molecule has 0 radical (unpaired) electrons. The summed E-state index contributed by atoms with van der Waals surface area (Å²) in [4.78, 5) is 23.4. The summed E-state index contributed by atoms with van der Waals surface area (Å²) in [5.74, 6) is 0.447. The number of aryl methyl sites for hydroxylation is 1. The summed E-state index contributed by atoms with van der Waals surface area (Å²) in [5, 5.41) is 2.96. The van der Waals surface area contributed by atoms with Crippen molar-refractivity contribution >= 4 is 11.9 Å². The molecule has 1 aromatic heterocycles. The molecule has 0 bridgehead atoms. The van der Waals surface area contributed by atoms with Crippen LogP contribution in [0.5, 0.6) is 0 Å². The lowest BCUT2D eigenvalue weighted by molar-refractivity contribution is 0.0934. The van der Waals surface area contributed by atoms with Gasteiger partial charge in [-0.3, -0.25) is 4.79 Å². The Balaban J connectivity index is 2.23. The highest BCUT2D eigenvalue weighted by atomic mass is 16.1. The molecule has 1 unspecified atom stereocenters. The average Bonchev–Trinajstić information content (AvgIpc) is 2.59. The Kier molecular flexibility index (Phi) is 6.29. The van der Waals surface area contributed by atoms with E-state index in [4.69, 9.17) is 0 Å². The smallest absolute Gasteiger partial charge is 0.270 e. The third-order valence-corrected chi connectivity index (χ3v) is 3.95. The number of hydrogen-bond donors (Lipinski definition) is 1. The van der Waals surface area contributed by atoms with Crippen molar-refractivity contribution in [1.82, 2.24) is 15.3 Å². The fourth-order valence-corrected chi connectivity index (χ4v) is 2.34. The molecular formula is C19H26N4O. The number of nitrogens with one attached hydrogen (secondary N) is 1. The summed E-state index contributed by atoms with van der Waals surface area (Å²) < 4.78 is 0. The molecule has 1 N–H and O–H groups in total. The zero-order valence-corrected chi connectivity index (χ0v) is 14.9. The van der Waals surface area contributed by atoms with Crippen molar-refractivity contribution in [2.45, 2.75) is 46.7 Å². The molecule has 0 fully saturated rings. The fourth-order valence-electron chi connectivity index (χ4n) is 2.34. The second-order valence-corrected chi connectivity index (χ2v) is 5.98. The number of amides is 1. The summed E-state index contributed by atoms with van der Waals surface area (Å²) in [6, 6.07) is 12.1. The molecule has 0 saturated carbocycles. The molecule has 0 saturated heterocycles. The van der Waals surface area contributed by atoms with Crippen LogP contribution in [-0.2, 0) is 6.54 Å². The summed E-state index contributed by atoms with van der Waals surface area (Å²) in [6.45, 7) is 9.47. The van der Waals surface area contributed by atoms with Gasteiger partial charge in [0.05, 0.1) is 0 Å². The summed E-state index contributed by atoms with van der Waals surface area (Å²) in [6.07, 6.45) is 0.887. The minimum Gasteiger partial charge on any atom is -0.348 e. The SMILES string of the molecule is CCC(C)NC(=O)c1cc(C)nc(N(CC)Cc2ccccc2)n1. The molecular weight excluding hydrogens is 300 g/mol. The third-order valence-electron chi connectivity index (χ3n) is 3.95. The Morgan fingerprint density at radius 3 is 2.54 bits per heavy atom. The van der Waals surface area contributed by atoms with Gasteiger partial charge in [-0.2, -0.15) is 0 Å². The molecule has 5 heteroatoms. The minimum absolute atomic E-state index is 0.128. The van der Waals surface area contributed by atoms with Gasteiger partial charge in [-0.25, -0.2) is 9.97 Å². The standard InChI is InChI=1S/C19H26N4O/c1-5-14(3)20-18(24)17-12-15(4)21-19(22-17)23(6-2)13-16-10-8-7-9-11-16/h7-12,14H,5-6,13H2,1-4H3,(H,20,24). The van der Waals surface area contributed by atoms with Gasteiger partial charge in [-0.15, -0.1) is 0 Å². The van der Waals surface area contributed by atoms with E-state index in [9.17, 15) is 4.79 Å². The van der Waals surface area contributed by atoms with E-state index in [0.717, 1.165) is 18.7 Å². The quantitative estimate of drug-likeness (QED) is 0.848. The van der Waals surface area contributed by atoms with E-state index in [-0.39, 0.29) is 11.9 Å². The average molecular weight is 326 g/mol. The highest BCUT2D eigenvalue weighted by Crippen LogP contribution is 2.14. The number of anilines is 1. The van der Waals surface area contributed by atoms with Crippen LogP contribution in [0.25, 0.3) is 0 Å². The van der Waals surface area contributed by atoms with Gasteiger partial charge in [0.2, 0.25) is 5.95 Å². The predicted octanol–water partition coefficient (Wildman–Crippen LogP) is 3.34. The van der Waals surface area contributed by atoms with E-state index in [0.29, 0.717) is 18.2 Å². The van der Waals surface area contributed by atoms with Gasteiger partial charge in [0, 0.05) is 24.8 Å². The molecule has 24 heavy (non-hydrogen) atoms. The van der Waals surface area contributed by atoms with Gasteiger partial charge in [-0.05, 0) is 38.8 Å². The van der Waals surface area contributed by atoms with Crippen LogP contribution in [0.4, 0.5) is 5.95 Å². The first-order chi connectivity index (χ1) is 11.5. The molecule has 0 aliphatic rings. The second-order valence-electron chi connectivity index (χ2n) is 5.98. The molecule has 0 spiro atoms. The molecule has 1 aromatic carbocycles. The van der Waals surface area contributed by atoms with E-state index in [2.05, 4.69) is 39.2 Å². The molecule has 1 amide bonds. The van der Waals surface area contributed by atoms with Crippen LogP contribution in [0.3, 0.4) is 0 Å². The monoisotopic (exact) mass is 326 g/mol. The van der Waals surface area contributed by atoms with Crippen molar-refractivity contribution in [2.75, 3.05) is 11.4 Å². The van der Waals surface area contributed by atoms with Gasteiger partial charge in [-0.1, -0.05) is 37.3 Å². The summed E-state index contributed by atoms with van der Waals surface area (Å²) >= 11 is 0. The number of carbonyl (C=O) groups is 1. The van der Waals surface area contributed by atoms with Gasteiger partial charge in [0.15, 0.2) is 0 Å². The van der Waals surface area contributed by atoms with Gasteiger partial charge >= 0.3 is 0 Å². The van der Waals surface area contributed by atoms with Gasteiger partial charge in [0.25, 0.3) is 5.91 Å². The predicted molar refractivity (Wildman–Crippen MR) is 97.2 cm³/mol. The van der Waals surface area contributed by atoms with Crippen molar-refractivity contribution in [3.8, 4) is 0 Å². The maximum absolute atomic E-state index is 12.4. The molecule has 128 valence electrons. The Morgan fingerprint density at radius 2 is 1.92 bits per heavy atom. The number of nitrogens with zero attached hydrogens (tertiary/aromatic N) is 3. The van der Waals surface area contributed by atoms with Crippen molar-refractivity contribution in [3.05, 3.63) is 53.3 Å². The summed E-state index contributed by atoms with van der Waals surface area (Å²) in [5.41, 5.74) is 2.40. The van der Waals surface area contributed by atoms with Crippen molar-refractivity contribution in [2.24, 2.45) is 0 Å². The molecule has 1 atom stereocenters. The zero-order chi connectivity index (χ0) is 17.5. The Bertz CT molecular complexity index is 672. The number of aromatic nitrogens is 2. The first-order valence-electron chi connectivity index (χ1n) is 8.48. The van der Waals surface area contributed by atoms with Crippen LogP contribution < -0.4 is 10.2 Å². The highest BCUT2D eigenvalue weighted by Gasteiger charge is 2.15. The number of carbonyl (C=O) groups excluding carboxylic acids is 1.